The molecule has 2 rings (SSSR count). The van der Waals surface area contributed by atoms with Crippen LogP contribution in [0.1, 0.15) is 35.6 Å². The summed E-state index contributed by atoms with van der Waals surface area (Å²) in [6.07, 6.45) is 3.65. The Balaban J connectivity index is 2.19. The molecule has 0 saturated carbocycles. The topological polar surface area (TPSA) is 56.0 Å². The highest BCUT2D eigenvalue weighted by atomic mass is 79.9. The summed E-state index contributed by atoms with van der Waals surface area (Å²) in [6, 6.07) is 0. The third-order valence-corrected chi connectivity index (χ3v) is 4.00. The lowest BCUT2D eigenvalue weighted by molar-refractivity contribution is 0.0771. The first-order valence-electron chi connectivity index (χ1n) is 6.97. The van der Waals surface area contributed by atoms with Gasteiger partial charge in [0.15, 0.2) is 0 Å². The predicted octanol–water partition coefficient (Wildman–Crippen LogP) is 2.46. The van der Waals surface area contributed by atoms with E-state index in [1.807, 2.05) is 31.6 Å². The van der Waals surface area contributed by atoms with Crippen molar-refractivity contribution in [1.29, 1.82) is 0 Å². The molecule has 0 aliphatic carbocycles. The molecule has 0 saturated heterocycles. The van der Waals surface area contributed by atoms with Gasteiger partial charge in [0.2, 0.25) is 0 Å². The van der Waals surface area contributed by atoms with Crippen LogP contribution < -0.4 is 0 Å². The summed E-state index contributed by atoms with van der Waals surface area (Å²) in [6.45, 7) is 7.99. The third kappa shape index (κ3) is 3.18. The number of carbonyl (C=O) groups is 1. The average Bonchev–Trinajstić information content (AvgIpc) is 3.01. The van der Waals surface area contributed by atoms with Gasteiger partial charge in [0, 0.05) is 38.4 Å². The zero-order valence-corrected chi connectivity index (χ0v) is 14.4. The number of aromatic nitrogens is 4. The van der Waals surface area contributed by atoms with E-state index in [4.69, 9.17) is 0 Å². The molecule has 21 heavy (non-hydrogen) atoms. The van der Waals surface area contributed by atoms with Gasteiger partial charge in [0.25, 0.3) is 5.91 Å². The van der Waals surface area contributed by atoms with Gasteiger partial charge >= 0.3 is 0 Å². The van der Waals surface area contributed by atoms with Gasteiger partial charge in [0.05, 0.1) is 16.4 Å². The normalized spacial score (nSPS) is 10.9. The summed E-state index contributed by atoms with van der Waals surface area (Å²) in [7, 11) is 1.80. The molecule has 0 spiro atoms. The van der Waals surface area contributed by atoms with E-state index in [0.29, 0.717) is 18.8 Å². The molecule has 7 heteroatoms. The Morgan fingerprint density at radius 1 is 1.38 bits per heavy atom. The molecule has 2 aromatic rings. The number of hydrogen-bond acceptors (Lipinski definition) is 3. The van der Waals surface area contributed by atoms with Crippen molar-refractivity contribution in [3.63, 3.8) is 0 Å². The van der Waals surface area contributed by atoms with Crippen LogP contribution in [0.4, 0.5) is 0 Å². The summed E-state index contributed by atoms with van der Waals surface area (Å²) < 4.78 is 4.31. The van der Waals surface area contributed by atoms with Crippen molar-refractivity contribution in [2.45, 2.75) is 40.4 Å². The molecule has 0 N–H and O–H groups in total. The molecule has 0 radical (unpaired) electrons. The van der Waals surface area contributed by atoms with Crippen molar-refractivity contribution in [3.8, 4) is 0 Å². The minimum Gasteiger partial charge on any atom is -0.336 e. The second-order valence-corrected chi connectivity index (χ2v) is 5.77. The molecule has 2 aromatic heterocycles. The maximum Gasteiger partial charge on any atom is 0.273 e. The van der Waals surface area contributed by atoms with E-state index in [1.54, 1.807) is 22.8 Å². The van der Waals surface area contributed by atoms with Crippen molar-refractivity contribution in [3.05, 3.63) is 33.8 Å². The van der Waals surface area contributed by atoms with Crippen LogP contribution in [-0.4, -0.2) is 37.4 Å². The van der Waals surface area contributed by atoms with E-state index in [-0.39, 0.29) is 5.91 Å². The van der Waals surface area contributed by atoms with Crippen molar-refractivity contribution in [1.82, 2.24) is 24.5 Å². The predicted molar refractivity (Wildman–Crippen MR) is 84.0 cm³/mol. The molecule has 0 fully saturated rings. The summed E-state index contributed by atoms with van der Waals surface area (Å²) in [5, 5.41) is 8.59. The first-order valence-corrected chi connectivity index (χ1v) is 7.76. The second-order valence-electron chi connectivity index (χ2n) is 4.91. The van der Waals surface area contributed by atoms with Gasteiger partial charge in [-0.25, -0.2) is 0 Å². The molecule has 0 aliphatic rings. The van der Waals surface area contributed by atoms with Gasteiger partial charge in [-0.05, 0) is 36.7 Å². The molecule has 0 aliphatic heterocycles. The SMILES string of the molecule is CCn1cc(CN(C)C(=O)c2c(Br)cnn2CC)c(C)n1. The lowest BCUT2D eigenvalue weighted by Gasteiger charge is -2.17. The van der Waals surface area contributed by atoms with Crippen LogP contribution in [0.3, 0.4) is 0 Å². The van der Waals surface area contributed by atoms with Crippen molar-refractivity contribution < 1.29 is 4.79 Å². The highest BCUT2D eigenvalue weighted by Gasteiger charge is 2.21. The Morgan fingerprint density at radius 3 is 2.67 bits per heavy atom. The number of aryl methyl sites for hydroxylation is 3. The van der Waals surface area contributed by atoms with Gasteiger partial charge in [-0.3, -0.25) is 14.2 Å². The van der Waals surface area contributed by atoms with Crippen LogP contribution in [0, 0.1) is 6.92 Å². The average molecular weight is 354 g/mol. The van der Waals surface area contributed by atoms with Crippen LogP contribution >= 0.6 is 15.9 Å². The van der Waals surface area contributed by atoms with Crippen molar-refractivity contribution in [2.75, 3.05) is 7.05 Å². The summed E-state index contributed by atoms with van der Waals surface area (Å²) in [5.74, 6) is -0.0510. The monoisotopic (exact) mass is 353 g/mol. The number of rotatable bonds is 5. The fourth-order valence-electron chi connectivity index (χ4n) is 2.20. The van der Waals surface area contributed by atoms with E-state index < -0.39 is 0 Å². The van der Waals surface area contributed by atoms with Crippen LogP contribution in [0.5, 0.6) is 0 Å². The molecule has 6 nitrogen and oxygen atoms in total. The first-order chi connectivity index (χ1) is 9.97. The van der Waals surface area contributed by atoms with E-state index in [2.05, 4.69) is 26.1 Å². The first kappa shape index (κ1) is 15.8. The third-order valence-electron chi connectivity index (χ3n) is 3.42. The minimum absolute atomic E-state index is 0.0510. The number of hydrogen-bond donors (Lipinski definition) is 0. The maximum absolute atomic E-state index is 12.6. The summed E-state index contributed by atoms with van der Waals surface area (Å²) in [4.78, 5) is 14.3. The van der Waals surface area contributed by atoms with Crippen LogP contribution in [0.2, 0.25) is 0 Å². The summed E-state index contributed by atoms with van der Waals surface area (Å²) in [5.41, 5.74) is 2.60. The molecule has 0 aromatic carbocycles. The Labute approximate surface area is 132 Å². The quantitative estimate of drug-likeness (QED) is 0.829. The van der Waals surface area contributed by atoms with Gasteiger partial charge in [-0.2, -0.15) is 10.2 Å². The highest BCUT2D eigenvalue weighted by Crippen LogP contribution is 2.19. The molecular weight excluding hydrogens is 334 g/mol. The highest BCUT2D eigenvalue weighted by molar-refractivity contribution is 9.10. The van der Waals surface area contributed by atoms with Crippen molar-refractivity contribution >= 4 is 21.8 Å². The van der Waals surface area contributed by atoms with E-state index in [9.17, 15) is 4.79 Å². The molecule has 0 bridgehead atoms. The lowest BCUT2D eigenvalue weighted by atomic mass is 10.2. The molecular formula is C14H20BrN5O. The zero-order valence-electron chi connectivity index (χ0n) is 12.8. The zero-order chi connectivity index (χ0) is 15.6. The molecule has 2 heterocycles. The number of amides is 1. The number of nitrogens with zero attached hydrogens (tertiary/aromatic N) is 5. The minimum atomic E-state index is -0.0510. The molecule has 0 unspecified atom stereocenters. The largest absolute Gasteiger partial charge is 0.336 e. The molecule has 1 amide bonds. The molecule has 114 valence electrons. The number of carbonyl (C=O) groups excluding carboxylic acids is 1. The fraction of sp³-hybridized carbons (Fsp3) is 0.500. The van der Waals surface area contributed by atoms with E-state index in [0.717, 1.165) is 22.3 Å². The standard InChI is InChI=1S/C14H20BrN5O/c1-5-19-9-11(10(3)17-19)8-18(4)14(21)13-12(15)7-16-20(13)6-2/h7,9H,5-6,8H2,1-4H3. The Kier molecular flexibility index (Phi) is 4.82. The Hall–Kier alpha value is -1.63. The maximum atomic E-state index is 12.6. The summed E-state index contributed by atoms with van der Waals surface area (Å²) >= 11 is 3.39. The lowest BCUT2D eigenvalue weighted by Crippen LogP contribution is -2.29. The Morgan fingerprint density at radius 2 is 2.10 bits per heavy atom. The van der Waals surface area contributed by atoms with Gasteiger partial charge in [-0.15, -0.1) is 0 Å². The van der Waals surface area contributed by atoms with Gasteiger partial charge in [-0.1, -0.05) is 0 Å². The van der Waals surface area contributed by atoms with Gasteiger partial charge < -0.3 is 4.90 Å². The number of halogens is 1. The molecule has 0 atom stereocenters. The smallest absolute Gasteiger partial charge is 0.273 e. The Bertz CT molecular complexity index is 646. The van der Waals surface area contributed by atoms with Crippen LogP contribution in [0.25, 0.3) is 0 Å². The van der Waals surface area contributed by atoms with Crippen molar-refractivity contribution in [2.24, 2.45) is 0 Å². The van der Waals surface area contributed by atoms with E-state index in [1.165, 1.54) is 0 Å². The van der Waals surface area contributed by atoms with Gasteiger partial charge in [0.1, 0.15) is 5.69 Å². The fourth-order valence-corrected chi connectivity index (χ4v) is 2.67. The van der Waals surface area contributed by atoms with Crippen LogP contribution in [0.15, 0.2) is 16.9 Å². The second kappa shape index (κ2) is 6.43. The van der Waals surface area contributed by atoms with Crippen LogP contribution in [-0.2, 0) is 19.6 Å². The van der Waals surface area contributed by atoms with E-state index >= 15 is 0 Å².